The van der Waals surface area contributed by atoms with Gasteiger partial charge in [0.1, 0.15) is 12.2 Å². The molecule has 5 nitrogen and oxygen atoms in total. The molecule has 30 heavy (non-hydrogen) atoms. The average molecular weight is 431 g/mol. The van der Waals surface area contributed by atoms with E-state index >= 15 is 0 Å². The van der Waals surface area contributed by atoms with Gasteiger partial charge in [-0.15, -0.1) is 0 Å². The van der Waals surface area contributed by atoms with Gasteiger partial charge in [-0.1, -0.05) is 51.1 Å². The summed E-state index contributed by atoms with van der Waals surface area (Å²) in [6.07, 6.45) is -0.758. The van der Waals surface area contributed by atoms with Crippen LogP contribution in [0, 0.1) is 0 Å². The van der Waals surface area contributed by atoms with Gasteiger partial charge in [0.15, 0.2) is 0 Å². The summed E-state index contributed by atoms with van der Waals surface area (Å²) >= 11 is 0. The lowest BCUT2D eigenvalue weighted by Gasteiger charge is -2.27. The van der Waals surface area contributed by atoms with Crippen LogP contribution >= 0.6 is 0 Å². The van der Waals surface area contributed by atoms with Gasteiger partial charge in [-0.05, 0) is 41.2 Å². The van der Waals surface area contributed by atoms with Crippen LogP contribution in [0.1, 0.15) is 38.3 Å². The molecule has 2 aliphatic rings. The maximum absolute atomic E-state index is 14.4. The van der Waals surface area contributed by atoms with Crippen LogP contribution in [0.25, 0.3) is 0 Å². The van der Waals surface area contributed by atoms with Gasteiger partial charge < -0.3 is 4.90 Å². The van der Waals surface area contributed by atoms with E-state index in [1.54, 1.807) is 29.2 Å². The van der Waals surface area contributed by atoms with Crippen molar-refractivity contribution in [3.8, 4) is 0 Å². The number of halogens is 1. The Morgan fingerprint density at radius 1 is 1.07 bits per heavy atom. The van der Waals surface area contributed by atoms with Gasteiger partial charge in [0.25, 0.3) is 0 Å². The fourth-order valence-electron chi connectivity index (χ4n) is 4.26. The SMILES string of the molecule is CC(C)(C)c1ccc(S(=O)(=O)N2CC(F)CC2C(=O)N2CCc3ccccc32)cc1. The van der Waals surface area contributed by atoms with Crippen molar-refractivity contribution in [1.82, 2.24) is 4.31 Å². The monoisotopic (exact) mass is 430 g/mol. The summed E-state index contributed by atoms with van der Waals surface area (Å²) < 4.78 is 42.0. The molecule has 1 saturated heterocycles. The molecule has 0 saturated carbocycles. The molecule has 0 aliphatic carbocycles. The number of para-hydroxylation sites is 1. The second-order valence-electron chi connectivity index (χ2n) is 9.07. The Balaban J connectivity index is 1.63. The minimum Gasteiger partial charge on any atom is -0.310 e. The summed E-state index contributed by atoms with van der Waals surface area (Å²) in [5.41, 5.74) is 2.73. The number of benzene rings is 2. The van der Waals surface area contributed by atoms with Gasteiger partial charge in [-0.25, -0.2) is 12.8 Å². The molecule has 0 spiro atoms. The third-order valence-electron chi connectivity index (χ3n) is 5.97. The van der Waals surface area contributed by atoms with Gasteiger partial charge >= 0.3 is 0 Å². The third kappa shape index (κ3) is 3.65. The van der Waals surface area contributed by atoms with Crippen LogP contribution in [-0.4, -0.2) is 43.9 Å². The first kappa shape index (κ1) is 21.0. The van der Waals surface area contributed by atoms with E-state index in [4.69, 9.17) is 0 Å². The Kier molecular flexibility index (Phi) is 5.22. The fraction of sp³-hybridized carbons (Fsp3) is 0.435. The van der Waals surface area contributed by atoms with Crippen molar-refractivity contribution in [1.29, 1.82) is 0 Å². The molecule has 0 radical (unpaired) electrons. The highest BCUT2D eigenvalue weighted by Gasteiger charge is 2.46. The van der Waals surface area contributed by atoms with Gasteiger partial charge in [0.05, 0.1) is 4.90 Å². The fourth-order valence-corrected chi connectivity index (χ4v) is 5.88. The van der Waals surface area contributed by atoms with Crippen LogP contribution in [0.5, 0.6) is 0 Å². The van der Waals surface area contributed by atoms with E-state index in [2.05, 4.69) is 0 Å². The lowest BCUT2D eigenvalue weighted by molar-refractivity contribution is -0.121. The summed E-state index contributed by atoms with van der Waals surface area (Å²) in [4.78, 5) is 15.0. The normalized spacial score (nSPS) is 22.3. The van der Waals surface area contributed by atoms with Gasteiger partial charge in [-0.3, -0.25) is 4.79 Å². The summed E-state index contributed by atoms with van der Waals surface area (Å²) in [6, 6.07) is 13.2. The standard InChI is InChI=1S/C23H27FN2O3S/c1-23(2,3)17-8-10-19(11-9-17)30(28,29)26-15-18(24)14-21(26)22(27)25-13-12-16-6-4-5-7-20(16)25/h4-11,18,21H,12-15H2,1-3H3. The summed E-state index contributed by atoms with van der Waals surface area (Å²) in [5, 5.41) is 0. The van der Waals surface area contributed by atoms with Gasteiger partial charge in [0.2, 0.25) is 15.9 Å². The van der Waals surface area contributed by atoms with Crippen LogP contribution in [0.4, 0.5) is 10.1 Å². The van der Waals surface area contributed by atoms with E-state index in [9.17, 15) is 17.6 Å². The molecule has 2 unspecified atom stereocenters. The molecular weight excluding hydrogens is 403 g/mol. The van der Waals surface area contributed by atoms with Crippen molar-refractivity contribution < 1.29 is 17.6 Å². The summed E-state index contributed by atoms with van der Waals surface area (Å²) in [5.74, 6) is -0.352. The molecule has 2 aromatic rings. The molecule has 0 N–H and O–H groups in total. The zero-order valence-electron chi connectivity index (χ0n) is 17.5. The molecule has 2 aromatic carbocycles. The molecule has 1 amide bonds. The minimum absolute atomic E-state index is 0.0872. The lowest BCUT2D eigenvalue weighted by Crippen LogP contribution is -2.47. The largest absolute Gasteiger partial charge is 0.310 e. The smallest absolute Gasteiger partial charge is 0.245 e. The van der Waals surface area contributed by atoms with Crippen molar-refractivity contribution >= 4 is 21.6 Å². The molecular formula is C23H27FN2O3S. The first-order valence-corrected chi connectivity index (χ1v) is 11.7. The first-order chi connectivity index (χ1) is 14.1. The Morgan fingerprint density at radius 3 is 2.40 bits per heavy atom. The Morgan fingerprint density at radius 2 is 1.73 bits per heavy atom. The zero-order chi connectivity index (χ0) is 21.7. The van der Waals surface area contributed by atoms with E-state index in [0.717, 1.165) is 21.1 Å². The third-order valence-corrected chi connectivity index (χ3v) is 7.86. The first-order valence-electron chi connectivity index (χ1n) is 10.2. The van der Waals surface area contributed by atoms with Crippen LogP contribution in [0.3, 0.4) is 0 Å². The minimum atomic E-state index is -3.99. The van der Waals surface area contributed by atoms with Crippen LogP contribution in [0.2, 0.25) is 0 Å². The number of anilines is 1. The lowest BCUT2D eigenvalue weighted by atomic mass is 9.87. The number of nitrogens with zero attached hydrogens (tertiary/aromatic N) is 2. The number of fused-ring (bicyclic) bond motifs is 1. The van der Waals surface area contributed by atoms with E-state index in [1.165, 1.54) is 0 Å². The van der Waals surface area contributed by atoms with E-state index in [0.29, 0.717) is 13.0 Å². The number of sulfonamides is 1. The highest BCUT2D eigenvalue weighted by atomic mass is 32.2. The number of hydrogen-bond acceptors (Lipinski definition) is 3. The average Bonchev–Trinajstić information content (AvgIpc) is 3.31. The second-order valence-corrected chi connectivity index (χ2v) is 11.0. The number of carbonyl (C=O) groups is 1. The maximum atomic E-state index is 14.4. The Bertz CT molecular complexity index is 1060. The number of alkyl halides is 1. The van der Waals surface area contributed by atoms with Crippen molar-refractivity contribution in [3.05, 3.63) is 59.7 Å². The number of hydrogen-bond donors (Lipinski definition) is 0. The number of carbonyl (C=O) groups excluding carboxylic acids is 1. The maximum Gasteiger partial charge on any atom is 0.245 e. The van der Waals surface area contributed by atoms with E-state index in [1.807, 2.05) is 45.0 Å². The summed E-state index contributed by atoms with van der Waals surface area (Å²) in [7, 11) is -3.99. The molecule has 2 atom stereocenters. The number of rotatable bonds is 3. The Labute approximate surface area is 177 Å². The molecule has 0 aromatic heterocycles. The molecule has 2 heterocycles. The van der Waals surface area contributed by atoms with Crippen LogP contribution in [0.15, 0.2) is 53.4 Å². The topological polar surface area (TPSA) is 57.7 Å². The van der Waals surface area contributed by atoms with Crippen molar-refractivity contribution in [2.24, 2.45) is 0 Å². The predicted molar refractivity (Wildman–Crippen MR) is 115 cm³/mol. The summed E-state index contributed by atoms with van der Waals surface area (Å²) in [6.45, 7) is 6.34. The number of amides is 1. The van der Waals surface area contributed by atoms with Gasteiger partial charge in [0, 0.05) is 25.2 Å². The van der Waals surface area contributed by atoms with Crippen molar-refractivity contribution in [2.75, 3.05) is 18.0 Å². The molecule has 2 aliphatic heterocycles. The highest BCUT2D eigenvalue weighted by Crippen LogP contribution is 2.34. The second kappa shape index (κ2) is 7.46. The molecule has 0 bridgehead atoms. The van der Waals surface area contributed by atoms with E-state index < -0.39 is 22.2 Å². The Hall–Kier alpha value is -2.25. The van der Waals surface area contributed by atoms with E-state index in [-0.39, 0.29) is 29.2 Å². The molecule has 7 heteroatoms. The van der Waals surface area contributed by atoms with Crippen molar-refractivity contribution in [2.45, 2.75) is 56.1 Å². The van der Waals surface area contributed by atoms with Gasteiger partial charge in [-0.2, -0.15) is 4.31 Å². The molecule has 1 fully saturated rings. The van der Waals surface area contributed by atoms with Crippen LogP contribution < -0.4 is 4.90 Å². The predicted octanol–water partition coefficient (Wildman–Crippen LogP) is 3.67. The quantitative estimate of drug-likeness (QED) is 0.747. The van der Waals surface area contributed by atoms with Crippen molar-refractivity contribution in [3.63, 3.8) is 0 Å². The highest BCUT2D eigenvalue weighted by molar-refractivity contribution is 7.89. The molecule has 160 valence electrons. The zero-order valence-corrected chi connectivity index (χ0v) is 18.3. The van der Waals surface area contributed by atoms with Crippen LogP contribution in [-0.2, 0) is 26.7 Å². The molecule has 4 rings (SSSR count).